The normalized spacial score (nSPS) is 17.6. The second-order valence-electron chi connectivity index (χ2n) is 8.10. The van der Waals surface area contributed by atoms with Crippen molar-refractivity contribution in [3.05, 3.63) is 58.6 Å². The molecule has 2 amide bonds. The van der Waals surface area contributed by atoms with E-state index >= 15 is 0 Å². The molecule has 1 heterocycles. The summed E-state index contributed by atoms with van der Waals surface area (Å²) in [5, 5.41) is 2.92. The van der Waals surface area contributed by atoms with E-state index in [1.165, 1.54) is 18.2 Å². The number of hydrogen-bond acceptors (Lipinski definition) is 4. The largest absolute Gasteiger partial charge is 0.322 e. The zero-order valence-electron chi connectivity index (χ0n) is 16.7. The van der Waals surface area contributed by atoms with Crippen molar-refractivity contribution < 1.29 is 18.0 Å². The molecule has 1 saturated heterocycles. The van der Waals surface area contributed by atoms with Crippen LogP contribution in [0.3, 0.4) is 0 Å². The Morgan fingerprint density at radius 1 is 1.14 bits per heavy atom. The number of benzene rings is 2. The van der Waals surface area contributed by atoms with Crippen LogP contribution >= 0.6 is 11.6 Å². The van der Waals surface area contributed by atoms with Crippen LogP contribution in [-0.4, -0.2) is 26.0 Å². The SMILES string of the molecule is CC(C)c1ccc(NC(=O)c2cc(N3C(=O)C(C)(C)CS3(=O)=O)ccc2Cl)cc1. The van der Waals surface area contributed by atoms with Crippen molar-refractivity contribution >= 4 is 44.8 Å². The molecular weight excluding hydrogens is 412 g/mol. The van der Waals surface area contributed by atoms with Gasteiger partial charge in [0.25, 0.3) is 5.91 Å². The zero-order chi connectivity index (χ0) is 21.6. The minimum Gasteiger partial charge on any atom is -0.322 e. The first-order valence-corrected chi connectivity index (χ1v) is 11.2. The molecule has 0 atom stereocenters. The minimum atomic E-state index is -3.82. The van der Waals surface area contributed by atoms with Gasteiger partial charge in [-0.25, -0.2) is 12.7 Å². The van der Waals surface area contributed by atoms with Gasteiger partial charge in [0, 0.05) is 5.69 Å². The highest BCUT2D eigenvalue weighted by Crippen LogP contribution is 2.37. The Hall–Kier alpha value is -2.38. The van der Waals surface area contributed by atoms with E-state index in [-0.39, 0.29) is 22.0 Å². The molecule has 6 nitrogen and oxygen atoms in total. The van der Waals surface area contributed by atoms with Crippen molar-refractivity contribution in [2.45, 2.75) is 33.6 Å². The van der Waals surface area contributed by atoms with E-state index in [0.29, 0.717) is 11.6 Å². The van der Waals surface area contributed by atoms with Gasteiger partial charge in [0.1, 0.15) is 0 Å². The molecule has 0 saturated carbocycles. The summed E-state index contributed by atoms with van der Waals surface area (Å²) >= 11 is 6.18. The van der Waals surface area contributed by atoms with Gasteiger partial charge in [0.05, 0.1) is 27.4 Å². The summed E-state index contributed by atoms with van der Waals surface area (Å²) in [4.78, 5) is 25.3. The number of hydrogen-bond donors (Lipinski definition) is 1. The molecule has 1 aliphatic heterocycles. The smallest absolute Gasteiger partial charge is 0.257 e. The van der Waals surface area contributed by atoms with Crippen molar-refractivity contribution in [3.63, 3.8) is 0 Å². The number of carbonyl (C=O) groups excluding carboxylic acids is 2. The maximum atomic E-state index is 12.7. The Morgan fingerprint density at radius 2 is 1.76 bits per heavy atom. The van der Waals surface area contributed by atoms with Gasteiger partial charge in [-0.1, -0.05) is 37.6 Å². The third-order valence-electron chi connectivity index (χ3n) is 4.85. The lowest BCUT2D eigenvalue weighted by atomic mass is 9.95. The summed E-state index contributed by atoms with van der Waals surface area (Å²) in [7, 11) is -3.82. The van der Waals surface area contributed by atoms with E-state index in [4.69, 9.17) is 11.6 Å². The van der Waals surface area contributed by atoms with Crippen LogP contribution in [0.15, 0.2) is 42.5 Å². The first-order valence-electron chi connectivity index (χ1n) is 9.21. The highest BCUT2D eigenvalue weighted by molar-refractivity contribution is 7.94. The van der Waals surface area contributed by atoms with E-state index in [1.54, 1.807) is 26.0 Å². The number of nitrogens with zero attached hydrogens (tertiary/aromatic N) is 1. The van der Waals surface area contributed by atoms with Gasteiger partial charge >= 0.3 is 0 Å². The minimum absolute atomic E-state index is 0.0878. The van der Waals surface area contributed by atoms with Crippen LogP contribution in [0, 0.1) is 5.41 Å². The quantitative estimate of drug-likeness (QED) is 0.772. The molecule has 1 fully saturated rings. The predicted octanol–water partition coefficient (Wildman–Crippen LogP) is 4.42. The van der Waals surface area contributed by atoms with Gasteiger partial charge in [0.15, 0.2) is 0 Å². The molecule has 29 heavy (non-hydrogen) atoms. The van der Waals surface area contributed by atoms with Gasteiger partial charge in [-0.3, -0.25) is 9.59 Å². The highest BCUT2D eigenvalue weighted by Gasteiger charge is 2.50. The number of sulfonamides is 1. The fourth-order valence-electron chi connectivity index (χ4n) is 3.22. The summed E-state index contributed by atoms with van der Waals surface area (Å²) in [5.41, 5.74) is 0.893. The fraction of sp³-hybridized carbons (Fsp3) is 0.333. The van der Waals surface area contributed by atoms with E-state index in [0.717, 1.165) is 9.87 Å². The monoisotopic (exact) mass is 434 g/mol. The standard InChI is InChI=1S/C21H23ClN2O4S/c1-13(2)14-5-7-15(8-6-14)23-19(25)17-11-16(9-10-18(17)22)24-20(26)21(3,4)12-29(24,27)28/h5-11,13H,12H2,1-4H3,(H,23,25). The molecular formula is C21H23ClN2O4S. The van der Waals surface area contributed by atoms with Crippen molar-refractivity contribution in [1.82, 2.24) is 0 Å². The molecule has 154 valence electrons. The number of nitrogens with one attached hydrogen (secondary N) is 1. The van der Waals surface area contributed by atoms with E-state index < -0.39 is 27.3 Å². The van der Waals surface area contributed by atoms with Crippen molar-refractivity contribution in [2.75, 3.05) is 15.4 Å². The molecule has 0 aliphatic carbocycles. The Labute approximate surface area is 175 Å². The average Bonchev–Trinajstić information content (AvgIpc) is 2.79. The molecule has 0 radical (unpaired) electrons. The summed E-state index contributed by atoms with van der Waals surface area (Å²) in [5.74, 6) is -0.937. The molecule has 2 aromatic rings. The molecule has 8 heteroatoms. The summed E-state index contributed by atoms with van der Waals surface area (Å²) in [6.45, 7) is 7.32. The van der Waals surface area contributed by atoms with Crippen LogP contribution < -0.4 is 9.62 Å². The second kappa shape index (κ2) is 7.46. The van der Waals surface area contributed by atoms with Crippen LogP contribution in [0.2, 0.25) is 5.02 Å². The Kier molecular flexibility index (Phi) is 5.49. The lowest BCUT2D eigenvalue weighted by Gasteiger charge is -2.18. The van der Waals surface area contributed by atoms with Gasteiger partial charge in [-0.05, 0) is 55.7 Å². The number of amides is 2. The molecule has 1 N–H and O–H groups in total. The maximum absolute atomic E-state index is 12.7. The first kappa shape index (κ1) is 21.3. The summed E-state index contributed by atoms with van der Waals surface area (Å²) < 4.78 is 25.8. The molecule has 0 bridgehead atoms. The lowest BCUT2D eigenvalue weighted by Crippen LogP contribution is -2.33. The Bertz CT molecular complexity index is 1080. The van der Waals surface area contributed by atoms with Crippen LogP contribution in [0.1, 0.15) is 49.5 Å². The number of halogens is 1. The predicted molar refractivity (Wildman–Crippen MR) is 115 cm³/mol. The summed E-state index contributed by atoms with van der Waals surface area (Å²) in [6, 6.07) is 11.6. The molecule has 0 unspecified atom stereocenters. The molecule has 3 rings (SSSR count). The lowest BCUT2D eigenvalue weighted by molar-refractivity contribution is -0.123. The fourth-order valence-corrected chi connectivity index (χ4v) is 5.53. The van der Waals surface area contributed by atoms with Crippen molar-refractivity contribution in [1.29, 1.82) is 0 Å². The summed E-state index contributed by atoms with van der Waals surface area (Å²) in [6.07, 6.45) is 0. The van der Waals surface area contributed by atoms with Gasteiger partial charge in [-0.2, -0.15) is 0 Å². The Morgan fingerprint density at radius 3 is 2.28 bits per heavy atom. The molecule has 2 aromatic carbocycles. The van der Waals surface area contributed by atoms with Crippen LogP contribution in [-0.2, 0) is 14.8 Å². The zero-order valence-corrected chi connectivity index (χ0v) is 18.3. The average molecular weight is 435 g/mol. The second-order valence-corrected chi connectivity index (χ2v) is 10.3. The maximum Gasteiger partial charge on any atom is 0.257 e. The third kappa shape index (κ3) is 4.16. The number of rotatable bonds is 4. The molecule has 1 aliphatic rings. The first-order chi connectivity index (χ1) is 13.4. The van der Waals surface area contributed by atoms with Crippen molar-refractivity contribution in [2.24, 2.45) is 5.41 Å². The Balaban J connectivity index is 1.91. The van der Waals surface area contributed by atoms with Gasteiger partial charge < -0.3 is 5.32 Å². The highest BCUT2D eigenvalue weighted by atomic mass is 35.5. The van der Waals surface area contributed by atoms with E-state index in [9.17, 15) is 18.0 Å². The van der Waals surface area contributed by atoms with Crippen molar-refractivity contribution in [3.8, 4) is 0 Å². The van der Waals surface area contributed by atoms with Gasteiger partial charge in [0.2, 0.25) is 15.9 Å². The molecule has 0 spiro atoms. The van der Waals surface area contributed by atoms with Crippen LogP contribution in [0.5, 0.6) is 0 Å². The van der Waals surface area contributed by atoms with Gasteiger partial charge in [-0.15, -0.1) is 0 Å². The third-order valence-corrected chi connectivity index (χ3v) is 7.20. The van der Waals surface area contributed by atoms with E-state index in [2.05, 4.69) is 19.2 Å². The molecule has 0 aromatic heterocycles. The van der Waals surface area contributed by atoms with Crippen LogP contribution in [0.4, 0.5) is 11.4 Å². The van der Waals surface area contributed by atoms with E-state index in [1.807, 2.05) is 12.1 Å². The topological polar surface area (TPSA) is 83.6 Å². The number of carbonyl (C=O) groups is 2. The number of anilines is 2. The van der Waals surface area contributed by atoms with Crippen LogP contribution in [0.25, 0.3) is 0 Å².